The highest BCUT2D eigenvalue weighted by atomic mass is 32.1. The first-order valence-corrected chi connectivity index (χ1v) is 7.33. The third kappa shape index (κ3) is 2.20. The second kappa shape index (κ2) is 4.52. The highest BCUT2D eigenvalue weighted by Crippen LogP contribution is 2.47. The van der Waals surface area contributed by atoms with Crippen LogP contribution in [0, 0.1) is 13.8 Å². The number of nitrogens with zero attached hydrogens (tertiary/aromatic N) is 3. The Balaban J connectivity index is 1.79. The van der Waals surface area contributed by atoms with Gasteiger partial charge in [0.15, 0.2) is 0 Å². The number of hydrogen-bond donors (Lipinski definition) is 2. The van der Waals surface area contributed by atoms with E-state index in [4.69, 9.17) is 5.73 Å². The molecule has 6 heteroatoms. The monoisotopic (exact) mass is 277 g/mol. The summed E-state index contributed by atoms with van der Waals surface area (Å²) in [6.07, 6.45) is 2.48. The number of anilines is 2. The van der Waals surface area contributed by atoms with Crippen LogP contribution in [-0.4, -0.2) is 14.2 Å². The molecule has 0 atom stereocenters. The van der Waals surface area contributed by atoms with Crippen molar-refractivity contribution in [3.8, 4) is 0 Å². The summed E-state index contributed by atoms with van der Waals surface area (Å²) in [5.41, 5.74) is 10.7. The van der Waals surface area contributed by atoms with Gasteiger partial charge in [0.2, 0.25) is 0 Å². The summed E-state index contributed by atoms with van der Waals surface area (Å²) in [7, 11) is 1.98. The van der Waals surface area contributed by atoms with Crippen molar-refractivity contribution in [3.63, 3.8) is 0 Å². The number of aromatic nitrogens is 3. The largest absolute Gasteiger partial charge is 0.383 e. The number of nitrogen functional groups attached to an aromatic ring is 1. The summed E-state index contributed by atoms with van der Waals surface area (Å²) in [4.78, 5) is 0. The average molecular weight is 277 g/mol. The number of nitrogens with two attached hydrogens (primary N) is 1. The summed E-state index contributed by atoms with van der Waals surface area (Å²) >= 11 is 1.47. The molecule has 1 fully saturated rings. The van der Waals surface area contributed by atoms with Crippen molar-refractivity contribution in [1.29, 1.82) is 0 Å². The second-order valence-corrected chi connectivity index (χ2v) is 5.98. The Morgan fingerprint density at radius 1 is 1.42 bits per heavy atom. The SMILES string of the molecule is Cc1nn(C)c(C)c1CNc1snc(N)c1C1CC1. The van der Waals surface area contributed by atoms with Crippen LogP contribution in [0.15, 0.2) is 0 Å². The van der Waals surface area contributed by atoms with E-state index in [1.165, 1.54) is 41.2 Å². The van der Waals surface area contributed by atoms with Crippen LogP contribution in [-0.2, 0) is 13.6 Å². The number of nitrogens with one attached hydrogen (secondary N) is 1. The van der Waals surface area contributed by atoms with E-state index in [2.05, 4.69) is 21.7 Å². The zero-order valence-corrected chi connectivity index (χ0v) is 12.3. The molecule has 2 aromatic heterocycles. The van der Waals surface area contributed by atoms with E-state index in [-0.39, 0.29) is 0 Å². The maximum Gasteiger partial charge on any atom is 0.142 e. The maximum absolute atomic E-state index is 5.96. The lowest BCUT2D eigenvalue weighted by atomic mass is 10.2. The van der Waals surface area contributed by atoms with Gasteiger partial charge in [-0.2, -0.15) is 9.47 Å². The van der Waals surface area contributed by atoms with Gasteiger partial charge in [0.25, 0.3) is 0 Å². The number of rotatable bonds is 4. The molecular weight excluding hydrogens is 258 g/mol. The molecule has 2 aromatic rings. The zero-order valence-electron chi connectivity index (χ0n) is 11.5. The summed E-state index contributed by atoms with van der Waals surface area (Å²) < 4.78 is 6.20. The smallest absolute Gasteiger partial charge is 0.142 e. The maximum atomic E-state index is 5.96. The summed E-state index contributed by atoms with van der Waals surface area (Å²) in [5, 5.41) is 9.05. The Labute approximate surface area is 117 Å². The van der Waals surface area contributed by atoms with Crippen molar-refractivity contribution >= 4 is 22.4 Å². The van der Waals surface area contributed by atoms with Gasteiger partial charge in [0, 0.05) is 30.4 Å². The van der Waals surface area contributed by atoms with Gasteiger partial charge in [-0.3, -0.25) is 4.68 Å². The van der Waals surface area contributed by atoms with Gasteiger partial charge < -0.3 is 11.1 Å². The van der Waals surface area contributed by atoms with Gasteiger partial charge in [-0.25, -0.2) is 0 Å². The third-order valence-corrected chi connectivity index (χ3v) is 4.66. The minimum atomic E-state index is 0.623. The quantitative estimate of drug-likeness (QED) is 0.901. The predicted octanol–water partition coefficient (Wildman–Crippen LogP) is 2.57. The van der Waals surface area contributed by atoms with Crippen LogP contribution >= 0.6 is 11.5 Å². The molecule has 0 amide bonds. The lowest BCUT2D eigenvalue weighted by Crippen LogP contribution is -2.03. The molecule has 0 saturated heterocycles. The first kappa shape index (κ1) is 12.5. The molecule has 1 saturated carbocycles. The zero-order chi connectivity index (χ0) is 13.6. The molecule has 1 aliphatic rings. The predicted molar refractivity (Wildman–Crippen MR) is 78.5 cm³/mol. The molecule has 102 valence electrons. The van der Waals surface area contributed by atoms with Crippen LogP contribution in [0.4, 0.5) is 10.8 Å². The van der Waals surface area contributed by atoms with E-state index < -0.39 is 0 Å². The molecule has 19 heavy (non-hydrogen) atoms. The van der Waals surface area contributed by atoms with Crippen molar-refractivity contribution in [2.45, 2.75) is 39.2 Å². The molecule has 0 aliphatic heterocycles. The molecule has 0 unspecified atom stereocenters. The molecule has 0 aromatic carbocycles. The van der Waals surface area contributed by atoms with Crippen molar-refractivity contribution in [2.75, 3.05) is 11.1 Å². The fraction of sp³-hybridized carbons (Fsp3) is 0.538. The van der Waals surface area contributed by atoms with Crippen molar-refractivity contribution < 1.29 is 0 Å². The van der Waals surface area contributed by atoms with Gasteiger partial charge in [-0.05, 0) is 44.1 Å². The van der Waals surface area contributed by atoms with E-state index >= 15 is 0 Å². The molecule has 0 bridgehead atoms. The highest BCUT2D eigenvalue weighted by Gasteiger charge is 2.30. The van der Waals surface area contributed by atoms with Crippen LogP contribution in [0.3, 0.4) is 0 Å². The molecular formula is C13H19N5S. The minimum Gasteiger partial charge on any atom is -0.383 e. The van der Waals surface area contributed by atoms with Crippen molar-refractivity contribution in [2.24, 2.45) is 7.05 Å². The fourth-order valence-corrected chi connectivity index (χ4v) is 3.24. The molecule has 2 heterocycles. The molecule has 3 N–H and O–H groups in total. The number of hydrogen-bond acceptors (Lipinski definition) is 5. The van der Waals surface area contributed by atoms with Gasteiger partial charge in [-0.15, -0.1) is 0 Å². The Morgan fingerprint density at radius 3 is 2.74 bits per heavy atom. The third-order valence-electron chi connectivity index (χ3n) is 3.83. The van der Waals surface area contributed by atoms with Crippen molar-refractivity contribution in [3.05, 3.63) is 22.5 Å². The highest BCUT2D eigenvalue weighted by molar-refractivity contribution is 7.10. The number of aryl methyl sites for hydroxylation is 2. The van der Waals surface area contributed by atoms with E-state index in [1.807, 2.05) is 18.7 Å². The summed E-state index contributed by atoms with van der Waals surface area (Å²) in [6.45, 7) is 4.93. The first-order valence-electron chi connectivity index (χ1n) is 6.56. The first-order chi connectivity index (χ1) is 9.08. The van der Waals surface area contributed by atoms with E-state index in [0.717, 1.165) is 17.2 Å². The normalized spacial score (nSPS) is 14.9. The molecule has 3 rings (SSSR count). The van der Waals surface area contributed by atoms with Crippen LogP contribution in [0.1, 0.15) is 41.3 Å². The fourth-order valence-electron chi connectivity index (χ4n) is 2.45. The van der Waals surface area contributed by atoms with Gasteiger partial charge >= 0.3 is 0 Å². The molecule has 0 radical (unpaired) electrons. The van der Waals surface area contributed by atoms with Crippen LogP contribution in [0.2, 0.25) is 0 Å². The average Bonchev–Trinajstić information content (AvgIpc) is 3.08. The molecule has 1 aliphatic carbocycles. The van der Waals surface area contributed by atoms with Gasteiger partial charge in [0.1, 0.15) is 10.8 Å². The summed E-state index contributed by atoms with van der Waals surface area (Å²) in [5.74, 6) is 1.33. The van der Waals surface area contributed by atoms with Crippen LogP contribution in [0.25, 0.3) is 0 Å². The van der Waals surface area contributed by atoms with E-state index in [0.29, 0.717) is 11.7 Å². The Kier molecular flexibility index (Phi) is 2.97. The topological polar surface area (TPSA) is 68.8 Å². The summed E-state index contributed by atoms with van der Waals surface area (Å²) in [6, 6.07) is 0. The van der Waals surface area contributed by atoms with Gasteiger partial charge in [-0.1, -0.05) is 0 Å². The van der Waals surface area contributed by atoms with Crippen LogP contribution < -0.4 is 11.1 Å². The van der Waals surface area contributed by atoms with Gasteiger partial charge in [0.05, 0.1) is 5.69 Å². The Bertz CT molecular complexity index is 609. The lowest BCUT2D eigenvalue weighted by Gasteiger charge is -2.07. The lowest BCUT2D eigenvalue weighted by molar-refractivity contribution is 0.730. The minimum absolute atomic E-state index is 0.623. The molecule has 0 spiro atoms. The van der Waals surface area contributed by atoms with Crippen molar-refractivity contribution in [1.82, 2.24) is 14.2 Å². The standard InChI is InChI=1S/C13H19N5S/c1-7-10(8(2)18(3)16-7)6-15-13-11(9-4-5-9)12(14)17-19-13/h9,15H,4-6H2,1-3H3,(H2,14,17). The van der Waals surface area contributed by atoms with E-state index in [1.54, 1.807) is 0 Å². The second-order valence-electron chi connectivity index (χ2n) is 5.21. The molecule has 5 nitrogen and oxygen atoms in total. The Morgan fingerprint density at radius 2 is 2.16 bits per heavy atom. The van der Waals surface area contributed by atoms with Crippen LogP contribution in [0.5, 0.6) is 0 Å². The Hall–Kier alpha value is -1.56. The van der Waals surface area contributed by atoms with E-state index in [9.17, 15) is 0 Å².